The van der Waals surface area contributed by atoms with Crippen molar-refractivity contribution >= 4 is 22.7 Å². The Kier molecular flexibility index (Phi) is 4.59. The third-order valence-electron chi connectivity index (χ3n) is 5.37. The van der Waals surface area contributed by atoms with E-state index in [1.54, 1.807) is 11.0 Å². The summed E-state index contributed by atoms with van der Waals surface area (Å²) in [5, 5.41) is 13.7. The summed E-state index contributed by atoms with van der Waals surface area (Å²) in [6.45, 7) is 0.997. The van der Waals surface area contributed by atoms with Crippen LogP contribution in [0.15, 0.2) is 36.4 Å². The number of piperidine rings is 1. The normalized spacial score (nSPS) is 23.0. The predicted octanol–water partition coefficient (Wildman–Crippen LogP) is 1.58. The maximum absolute atomic E-state index is 12.9. The summed E-state index contributed by atoms with van der Waals surface area (Å²) < 4.78 is 0. The first-order valence-corrected chi connectivity index (χ1v) is 9.22. The summed E-state index contributed by atoms with van der Waals surface area (Å²) in [6.07, 6.45) is 2.55. The van der Waals surface area contributed by atoms with Gasteiger partial charge < -0.3 is 15.3 Å². The number of nitrogens with zero attached hydrogens (tertiary/aromatic N) is 2. The van der Waals surface area contributed by atoms with Gasteiger partial charge in [-0.1, -0.05) is 24.3 Å². The van der Waals surface area contributed by atoms with Gasteiger partial charge in [0.2, 0.25) is 5.91 Å². The van der Waals surface area contributed by atoms with Crippen molar-refractivity contribution in [3.63, 3.8) is 0 Å². The average molecular weight is 353 g/mol. The summed E-state index contributed by atoms with van der Waals surface area (Å²) in [6, 6.07) is 11.2. The lowest BCUT2D eigenvalue weighted by Crippen LogP contribution is -2.55. The van der Waals surface area contributed by atoms with Crippen molar-refractivity contribution in [3.05, 3.63) is 42.1 Å². The number of pyridine rings is 1. The Labute approximate surface area is 152 Å². The molecule has 2 aliphatic rings. The SMILES string of the molecule is O=C(N[C@@H]1CN(C(=O)c2ccc3ccccc3n2)CC[C@@H]1CO)C1CC1. The fraction of sp³-hybridized carbons (Fsp3) is 0.450. The van der Waals surface area contributed by atoms with E-state index in [0.717, 1.165) is 23.7 Å². The Morgan fingerprint density at radius 2 is 1.96 bits per heavy atom. The number of aromatic nitrogens is 1. The first-order valence-electron chi connectivity index (χ1n) is 9.22. The number of para-hydroxylation sites is 1. The molecule has 4 rings (SSSR count). The molecule has 1 aromatic heterocycles. The van der Waals surface area contributed by atoms with Gasteiger partial charge in [-0.15, -0.1) is 0 Å². The molecule has 6 nitrogen and oxygen atoms in total. The Hall–Kier alpha value is -2.47. The van der Waals surface area contributed by atoms with Gasteiger partial charge in [0.15, 0.2) is 0 Å². The van der Waals surface area contributed by atoms with E-state index in [9.17, 15) is 14.7 Å². The number of benzene rings is 1. The second-order valence-corrected chi connectivity index (χ2v) is 7.26. The maximum Gasteiger partial charge on any atom is 0.272 e. The van der Waals surface area contributed by atoms with Gasteiger partial charge in [0.25, 0.3) is 5.91 Å². The van der Waals surface area contributed by atoms with Gasteiger partial charge in [-0.3, -0.25) is 9.59 Å². The second kappa shape index (κ2) is 7.03. The zero-order valence-electron chi connectivity index (χ0n) is 14.6. The van der Waals surface area contributed by atoms with Crippen molar-refractivity contribution in [2.75, 3.05) is 19.7 Å². The molecule has 1 saturated carbocycles. The summed E-state index contributed by atoms with van der Waals surface area (Å²) in [7, 11) is 0. The second-order valence-electron chi connectivity index (χ2n) is 7.26. The van der Waals surface area contributed by atoms with Crippen LogP contribution in [0.5, 0.6) is 0 Å². The third kappa shape index (κ3) is 3.42. The van der Waals surface area contributed by atoms with Crippen molar-refractivity contribution in [2.45, 2.75) is 25.3 Å². The van der Waals surface area contributed by atoms with Gasteiger partial charge in [0.1, 0.15) is 5.69 Å². The first kappa shape index (κ1) is 17.0. The number of amides is 2. The molecule has 0 bridgehead atoms. The van der Waals surface area contributed by atoms with E-state index in [0.29, 0.717) is 25.2 Å². The lowest BCUT2D eigenvalue weighted by molar-refractivity contribution is -0.123. The molecule has 2 heterocycles. The van der Waals surface area contributed by atoms with Crippen molar-refractivity contribution < 1.29 is 14.7 Å². The third-order valence-corrected chi connectivity index (χ3v) is 5.37. The van der Waals surface area contributed by atoms with Crippen LogP contribution in [0.2, 0.25) is 0 Å². The van der Waals surface area contributed by atoms with Gasteiger partial charge in [-0.05, 0) is 31.4 Å². The molecule has 0 radical (unpaired) electrons. The Morgan fingerprint density at radius 3 is 2.73 bits per heavy atom. The number of aliphatic hydroxyl groups is 1. The molecule has 2 aromatic rings. The van der Waals surface area contributed by atoms with Crippen LogP contribution in [0.3, 0.4) is 0 Å². The highest BCUT2D eigenvalue weighted by molar-refractivity contribution is 5.95. The zero-order chi connectivity index (χ0) is 18.1. The number of hydrogen-bond donors (Lipinski definition) is 2. The standard InChI is InChI=1S/C20H23N3O3/c24-12-15-9-10-23(11-18(15)22-19(25)14-5-6-14)20(26)17-8-7-13-3-1-2-4-16(13)21-17/h1-4,7-8,14-15,18,24H,5-6,9-12H2,(H,22,25)/t15-,18-/m1/s1. The molecule has 136 valence electrons. The van der Waals surface area contributed by atoms with Crippen molar-refractivity contribution in [3.8, 4) is 0 Å². The highest BCUT2D eigenvalue weighted by Crippen LogP contribution is 2.30. The van der Waals surface area contributed by atoms with Crippen molar-refractivity contribution in [1.82, 2.24) is 15.2 Å². The van der Waals surface area contributed by atoms with Crippen LogP contribution in [0.1, 0.15) is 29.8 Å². The minimum absolute atomic E-state index is 0.00804. The van der Waals surface area contributed by atoms with Gasteiger partial charge in [-0.2, -0.15) is 0 Å². The Balaban J connectivity index is 1.50. The predicted molar refractivity (Wildman–Crippen MR) is 97.5 cm³/mol. The van der Waals surface area contributed by atoms with E-state index < -0.39 is 0 Å². The minimum atomic E-state index is -0.203. The van der Waals surface area contributed by atoms with E-state index in [2.05, 4.69) is 10.3 Å². The average Bonchev–Trinajstić information content (AvgIpc) is 3.52. The molecule has 1 aromatic carbocycles. The van der Waals surface area contributed by atoms with Crippen LogP contribution in [0.25, 0.3) is 10.9 Å². The zero-order valence-corrected chi connectivity index (χ0v) is 14.6. The molecule has 2 fully saturated rings. The molecular formula is C20H23N3O3. The van der Waals surface area contributed by atoms with E-state index in [-0.39, 0.29) is 36.3 Å². The van der Waals surface area contributed by atoms with E-state index in [1.807, 2.05) is 30.3 Å². The smallest absolute Gasteiger partial charge is 0.272 e. The lowest BCUT2D eigenvalue weighted by atomic mass is 9.91. The number of rotatable bonds is 4. The van der Waals surface area contributed by atoms with Crippen LogP contribution in [0.4, 0.5) is 0 Å². The van der Waals surface area contributed by atoms with Crippen LogP contribution in [-0.2, 0) is 4.79 Å². The molecule has 1 saturated heterocycles. The summed E-state index contributed by atoms with van der Waals surface area (Å²) in [5.74, 6) is 0.0262. The lowest BCUT2D eigenvalue weighted by Gasteiger charge is -2.38. The molecule has 6 heteroatoms. The molecule has 2 N–H and O–H groups in total. The van der Waals surface area contributed by atoms with Gasteiger partial charge in [-0.25, -0.2) is 4.98 Å². The Bertz CT molecular complexity index is 834. The van der Waals surface area contributed by atoms with Crippen LogP contribution in [-0.4, -0.2) is 52.5 Å². The van der Waals surface area contributed by atoms with Crippen molar-refractivity contribution in [1.29, 1.82) is 0 Å². The topological polar surface area (TPSA) is 82.5 Å². The molecule has 0 unspecified atom stereocenters. The first-order chi connectivity index (χ1) is 12.7. The van der Waals surface area contributed by atoms with Crippen LogP contribution >= 0.6 is 0 Å². The Morgan fingerprint density at radius 1 is 1.15 bits per heavy atom. The van der Waals surface area contributed by atoms with Crippen molar-refractivity contribution in [2.24, 2.45) is 11.8 Å². The number of likely N-dealkylation sites (tertiary alicyclic amines) is 1. The van der Waals surface area contributed by atoms with E-state index >= 15 is 0 Å². The highest BCUT2D eigenvalue weighted by Gasteiger charge is 2.36. The summed E-state index contributed by atoms with van der Waals surface area (Å²) in [4.78, 5) is 31.2. The van der Waals surface area contributed by atoms with E-state index in [1.165, 1.54) is 0 Å². The highest BCUT2D eigenvalue weighted by atomic mass is 16.3. The maximum atomic E-state index is 12.9. The fourth-order valence-corrected chi connectivity index (χ4v) is 3.56. The quantitative estimate of drug-likeness (QED) is 0.874. The summed E-state index contributed by atoms with van der Waals surface area (Å²) >= 11 is 0. The molecule has 0 spiro atoms. The van der Waals surface area contributed by atoms with Gasteiger partial charge in [0.05, 0.1) is 11.6 Å². The number of nitrogens with one attached hydrogen (secondary N) is 1. The van der Waals surface area contributed by atoms with Crippen LogP contribution in [0, 0.1) is 11.8 Å². The number of aliphatic hydroxyl groups excluding tert-OH is 1. The molecular weight excluding hydrogens is 330 g/mol. The number of carbonyl (C=O) groups excluding carboxylic acids is 2. The minimum Gasteiger partial charge on any atom is -0.396 e. The van der Waals surface area contributed by atoms with E-state index in [4.69, 9.17) is 0 Å². The van der Waals surface area contributed by atoms with Gasteiger partial charge >= 0.3 is 0 Å². The van der Waals surface area contributed by atoms with Gasteiger partial charge in [0, 0.05) is 36.9 Å². The number of carbonyl (C=O) groups is 2. The molecule has 1 aliphatic carbocycles. The monoisotopic (exact) mass is 353 g/mol. The molecule has 1 aliphatic heterocycles. The summed E-state index contributed by atoms with van der Waals surface area (Å²) in [5.41, 5.74) is 1.21. The number of hydrogen-bond acceptors (Lipinski definition) is 4. The molecule has 2 atom stereocenters. The number of fused-ring (bicyclic) bond motifs is 1. The fourth-order valence-electron chi connectivity index (χ4n) is 3.56. The molecule has 2 amide bonds. The molecule has 26 heavy (non-hydrogen) atoms. The largest absolute Gasteiger partial charge is 0.396 e. The van der Waals surface area contributed by atoms with Crippen LogP contribution < -0.4 is 5.32 Å².